The second-order valence-electron chi connectivity index (χ2n) is 8.66. The van der Waals surface area contributed by atoms with Crippen molar-refractivity contribution in [1.82, 2.24) is 4.90 Å². The van der Waals surface area contributed by atoms with Crippen molar-refractivity contribution in [2.45, 2.75) is 31.6 Å². The summed E-state index contributed by atoms with van der Waals surface area (Å²) in [6, 6.07) is 23.1. The van der Waals surface area contributed by atoms with Gasteiger partial charge in [0.2, 0.25) is 0 Å². The predicted molar refractivity (Wildman–Crippen MR) is 150 cm³/mol. The third kappa shape index (κ3) is 10.6. The number of thioether (sulfide) groups is 1. The second kappa shape index (κ2) is 16.4. The lowest BCUT2D eigenvalue weighted by Gasteiger charge is -2.22. The molecule has 0 radical (unpaired) electrons. The molecule has 3 rings (SSSR count). The number of hydrogen-bond acceptors (Lipinski definition) is 6. The van der Waals surface area contributed by atoms with Crippen LogP contribution >= 0.6 is 11.8 Å². The number of carboxylic acids is 1. The summed E-state index contributed by atoms with van der Waals surface area (Å²) < 4.78 is 30.4. The molecule has 3 aromatic carbocycles. The molecule has 39 heavy (non-hydrogen) atoms. The highest BCUT2D eigenvalue weighted by molar-refractivity contribution is 7.98. The molecule has 0 bridgehead atoms. The van der Waals surface area contributed by atoms with Crippen LogP contribution in [-0.4, -0.2) is 60.2 Å². The van der Waals surface area contributed by atoms with Gasteiger partial charge in [-0.2, -0.15) is 11.8 Å². The normalized spacial score (nSPS) is 11.5. The van der Waals surface area contributed by atoms with Crippen LogP contribution in [0.1, 0.15) is 24.5 Å². The predicted octanol–water partition coefficient (Wildman–Crippen LogP) is 6.06. The summed E-state index contributed by atoms with van der Waals surface area (Å²) in [4.78, 5) is 25.7. The van der Waals surface area contributed by atoms with Gasteiger partial charge in [0.05, 0.1) is 6.54 Å². The topological polar surface area (TPSA) is 85.3 Å². The second-order valence-corrected chi connectivity index (χ2v) is 9.76. The number of carboxylic acid groups (broad SMARTS) is 1. The number of rotatable bonds is 16. The first-order chi connectivity index (χ1) is 19.0. The summed E-state index contributed by atoms with van der Waals surface area (Å²) in [5.41, 5.74) is 2.06. The van der Waals surface area contributed by atoms with E-state index in [2.05, 4.69) is 12.1 Å². The molecule has 0 saturated carbocycles. The van der Waals surface area contributed by atoms with E-state index in [0.29, 0.717) is 18.9 Å². The molecule has 0 aliphatic heterocycles. The molecule has 0 aromatic heterocycles. The van der Waals surface area contributed by atoms with Gasteiger partial charge in [-0.25, -0.2) is 14.0 Å². The first kappa shape index (κ1) is 30.0. The van der Waals surface area contributed by atoms with Crippen molar-refractivity contribution in [1.29, 1.82) is 0 Å². The molecule has 0 spiro atoms. The van der Waals surface area contributed by atoms with Gasteiger partial charge in [0.1, 0.15) is 12.4 Å². The lowest BCUT2D eigenvalue weighted by molar-refractivity contribution is -0.149. The van der Waals surface area contributed by atoms with Gasteiger partial charge in [0, 0.05) is 25.3 Å². The third-order valence-electron chi connectivity index (χ3n) is 5.74. The first-order valence-electron chi connectivity index (χ1n) is 12.9. The van der Waals surface area contributed by atoms with Crippen molar-refractivity contribution < 1.29 is 33.3 Å². The molecule has 9 heteroatoms. The SMILES string of the molecule is CCOC(Cc1ccc(OCCN(CCCSCc2ccccc2)C(=O)Oc2ccccc2F)cc1)C(=O)O. The number of halogens is 1. The van der Waals surface area contributed by atoms with Gasteiger partial charge < -0.3 is 24.2 Å². The summed E-state index contributed by atoms with van der Waals surface area (Å²) >= 11 is 1.78. The Morgan fingerprint density at radius 1 is 0.949 bits per heavy atom. The molecule has 1 amide bonds. The summed E-state index contributed by atoms with van der Waals surface area (Å²) in [7, 11) is 0. The number of benzene rings is 3. The van der Waals surface area contributed by atoms with E-state index in [1.807, 2.05) is 18.2 Å². The van der Waals surface area contributed by atoms with E-state index in [1.54, 1.807) is 49.0 Å². The fraction of sp³-hybridized carbons (Fsp3) is 0.333. The highest BCUT2D eigenvalue weighted by Crippen LogP contribution is 2.18. The number of para-hydroxylation sites is 1. The molecule has 0 aliphatic rings. The zero-order chi connectivity index (χ0) is 27.9. The van der Waals surface area contributed by atoms with Crippen LogP contribution in [0.5, 0.6) is 11.5 Å². The Labute approximate surface area is 232 Å². The Morgan fingerprint density at radius 2 is 1.67 bits per heavy atom. The maximum Gasteiger partial charge on any atom is 0.415 e. The molecule has 1 N–H and O–H groups in total. The summed E-state index contributed by atoms with van der Waals surface area (Å²) in [6.45, 7) is 2.97. The Balaban J connectivity index is 1.51. The van der Waals surface area contributed by atoms with Gasteiger partial charge >= 0.3 is 12.1 Å². The number of aliphatic carboxylic acids is 1. The molecular formula is C30H34FNO6S. The van der Waals surface area contributed by atoms with Crippen LogP contribution in [0.3, 0.4) is 0 Å². The van der Waals surface area contributed by atoms with E-state index in [-0.39, 0.29) is 25.3 Å². The smallest absolute Gasteiger partial charge is 0.415 e. The summed E-state index contributed by atoms with van der Waals surface area (Å²) in [6.07, 6.45) is -0.547. The van der Waals surface area contributed by atoms with Crippen molar-refractivity contribution in [2.24, 2.45) is 0 Å². The van der Waals surface area contributed by atoms with Crippen LogP contribution in [-0.2, 0) is 21.7 Å². The van der Waals surface area contributed by atoms with Crippen LogP contribution in [0.15, 0.2) is 78.9 Å². The largest absolute Gasteiger partial charge is 0.492 e. The molecule has 1 atom stereocenters. The minimum Gasteiger partial charge on any atom is -0.492 e. The van der Waals surface area contributed by atoms with E-state index in [9.17, 15) is 19.1 Å². The summed E-state index contributed by atoms with van der Waals surface area (Å²) in [5.74, 6) is 0.599. The first-order valence-corrected chi connectivity index (χ1v) is 14.0. The van der Waals surface area contributed by atoms with Gasteiger partial charge in [0.25, 0.3) is 0 Å². The van der Waals surface area contributed by atoms with E-state index >= 15 is 0 Å². The van der Waals surface area contributed by atoms with Crippen LogP contribution < -0.4 is 9.47 Å². The van der Waals surface area contributed by atoms with Crippen LogP contribution in [0, 0.1) is 5.82 Å². The van der Waals surface area contributed by atoms with Crippen LogP contribution in [0.25, 0.3) is 0 Å². The molecule has 208 valence electrons. The highest BCUT2D eigenvalue weighted by Gasteiger charge is 2.19. The standard InChI is InChI=1S/C30H34FNO6S/c1-2-36-28(29(33)34)21-23-13-15-25(16-14-23)37-19-18-32(30(35)38-27-12-7-6-11-26(27)31)17-8-20-39-22-24-9-4-3-5-10-24/h3-7,9-16,28H,2,8,17-22H2,1H3,(H,33,34). The van der Waals surface area contributed by atoms with Crippen LogP contribution in [0.2, 0.25) is 0 Å². The lowest BCUT2D eigenvalue weighted by Crippen LogP contribution is -2.37. The van der Waals surface area contributed by atoms with Crippen molar-refractivity contribution >= 4 is 23.8 Å². The van der Waals surface area contributed by atoms with Crippen molar-refractivity contribution in [3.05, 3.63) is 95.8 Å². The third-order valence-corrected chi connectivity index (χ3v) is 6.85. The molecular weight excluding hydrogens is 521 g/mol. The Hall–Kier alpha value is -3.56. The number of amides is 1. The number of nitrogens with zero attached hydrogens (tertiary/aromatic N) is 1. The maximum absolute atomic E-state index is 14.0. The number of carbonyl (C=O) groups excluding carboxylic acids is 1. The Bertz CT molecular complexity index is 1160. The van der Waals surface area contributed by atoms with Crippen LogP contribution in [0.4, 0.5) is 9.18 Å². The van der Waals surface area contributed by atoms with E-state index in [4.69, 9.17) is 14.2 Å². The van der Waals surface area contributed by atoms with Gasteiger partial charge in [0.15, 0.2) is 17.7 Å². The van der Waals surface area contributed by atoms with Gasteiger partial charge in [-0.05, 0) is 54.5 Å². The Morgan fingerprint density at radius 3 is 2.36 bits per heavy atom. The number of hydrogen-bond donors (Lipinski definition) is 1. The van der Waals surface area contributed by atoms with Crippen molar-refractivity contribution in [3.8, 4) is 11.5 Å². The van der Waals surface area contributed by atoms with Gasteiger partial charge in [-0.3, -0.25) is 0 Å². The average molecular weight is 556 g/mol. The average Bonchev–Trinajstić information content (AvgIpc) is 2.94. The lowest BCUT2D eigenvalue weighted by atomic mass is 10.1. The monoisotopic (exact) mass is 555 g/mol. The molecule has 0 saturated heterocycles. The fourth-order valence-corrected chi connectivity index (χ4v) is 4.64. The maximum atomic E-state index is 14.0. The van der Waals surface area contributed by atoms with Gasteiger partial charge in [-0.1, -0.05) is 54.6 Å². The van der Waals surface area contributed by atoms with E-state index < -0.39 is 24.0 Å². The molecule has 0 fully saturated rings. The minimum atomic E-state index is -1.00. The van der Waals surface area contributed by atoms with E-state index in [1.165, 1.54) is 28.7 Å². The number of carbonyl (C=O) groups is 2. The molecule has 7 nitrogen and oxygen atoms in total. The molecule has 0 aliphatic carbocycles. The van der Waals surface area contributed by atoms with E-state index in [0.717, 1.165) is 23.5 Å². The van der Waals surface area contributed by atoms with Gasteiger partial charge in [-0.15, -0.1) is 0 Å². The quantitative estimate of drug-likeness (QED) is 0.215. The summed E-state index contributed by atoms with van der Waals surface area (Å²) in [5, 5.41) is 9.27. The van der Waals surface area contributed by atoms with Crippen molar-refractivity contribution in [3.63, 3.8) is 0 Å². The zero-order valence-corrected chi connectivity index (χ0v) is 22.8. The van der Waals surface area contributed by atoms with Crippen molar-refractivity contribution in [2.75, 3.05) is 32.1 Å². The minimum absolute atomic E-state index is 0.117. The zero-order valence-electron chi connectivity index (χ0n) is 22.0. The highest BCUT2D eigenvalue weighted by atomic mass is 32.2. The Kier molecular flexibility index (Phi) is 12.6. The number of ether oxygens (including phenoxy) is 3. The fourth-order valence-electron chi connectivity index (χ4n) is 3.73. The molecule has 0 heterocycles. The molecule has 1 unspecified atom stereocenters. The molecule has 3 aromatic rings.